The smallest absolute Gasteiger partial charge is 0.291 e. The third-order valence-corrected chi connectivity index (χ3v) is 4.79. The summed E-state index contributed by atoms with van der Waals surface area (Å²) in [5, 5.41) is 7.80. The summed E-state index contributed by atoms with van der Waals surface area (Å²) >= 11 is 1.64. The zero-order valence-corrected chi connectivity index (χ0v) is 14.8. The van der Waals surface area contributed by atoms with E-state index in [0.717, 1.165) is 15.6 Å². The van der Waals surface area contributed by atoms with E-state index < -0.39 is 0 Å². The van der Waals surface area contributed by atoms with Crippen molar-refractivity contribution < 1.29 is 4.79 Å². The van der Waals surface area contributed by atoms with Gasteiger partial charge in [0.25, 0.3) is 5.56 Å². The van der Waals surface area contributed by atoms with Crippen LogP contribution in [0.15, 0.2) is 29.7 Å². The fourth-order valence-corrected chi connectivity index (χ4v) is 3.88. The van der Waals surface area contributed by atoms with Gasteiger partial charge in [0.2, 0.25) is 5.91 Å². The second kappa shape index (κ2) is 6.24. The second-order valence-electron chi connectivity index (χ2n) is 6.06. The maximum Gasteiger partial charge on any atom is 0.291 e. The molecule has 0 aliphatic carbocycles. The van der Waals surface area contributed by atoms with Crippen LogP contribution in [0.5, 0.6) is 0 Å². The Morgan fingerprint density at radius 3 is 2.92 bits per heavy atom. The average molecular weight is 344 g/mol. The van der Waals surface area contributed by atoms with Gasteiger partial charge in [-0.3, -0.25) is 9.59 Å². The van der Waals surface area contributed by atoms with E-state index in [-0.39, 0.29) is 24.1 Å². The fourth-order valence-electron chi connectivity index (χ4n) is 2.86. The van der Waals surface area contributed by atoms with Crippen molar-refractivity contribution in [1.29, 1.82) is 0 Å². The zero-order valence-electron chi connectivity index (χ0n) is 14.0. The quantitative estimate of drug-likeness (QED) is 0.723. The van der Waals surface area contributed by atoms with E-state index in [1.807, 2.05) is 25.3 Å². The van der Waals surface area contributed by atoms with E-state index in [0.29, 0.717) is 12.1 Å². The topological polar surface area (TPSA) is 68.9 Å². The third-order valence-electron chi connectivity index (χ3n) is 3.71. The van der Waals surface area contributed by atoms with Crippen LogP contribution in [-0.2, 0) is 17.9 Å². The van der Waals surface area contributed by atoms with Gasteiger partial charge in [0, 0.05) is 22.8 Å². The molecule has 0 spiro atoms. The Hall–Kier alpha value is -2.41. The molecular formula is C17H20N4O2S. The van der Waals surface area contributed by atoms with Crippen LogP contribution >= 0.6 is 11.3 Å². The minimum Gasteiger partial charge on any atom is -0.352 e. The first-order chi connectivity index (χ1) is 11.4. The molecule has 0 fully saturated rings. The number of aryl methyl sites for hydroxylation is 1. The number of nitrogens with one attached hydrogen (secondary N) is 1. The largest absolute Gasteiger partial charge is 0.352 e. The molecule has 0 saturated carbocycles. The Kier molecular flexibility index (Phi) is 4.28. The number of carbonyl (C=O) groups is 1. The molecule has 126 valence electrons. The van der Waals surface area contributed by atoms with Gasteiger partial charge < -0.3 is 9.88 Å². The summed E-state index contributed by atoms with van der Waals surface area (Å²) in [4.78, 5) is 26.0. The summed E-state index contributed by atoms with van der Waals surface area (Å²) < 4.78 is 4.21. The number of thiophene rings is 1. The minimum absolute atomic E-state index is 0.0230. The number of hydrogen-bond donors (Lipinski definition) is 1. The first kappa shape index (κ1) is 16.4. The highest BCUT2D eigenvalue weighted by molar-refractivity contribution is 7.20. The number of carbonyl (C=O) groups excluding carboxylic acids is 1. The molecule has 6 nitrogen and oxygen atoms in total. The summed E-state index contributed by atoms with van der Waals surface area (Å²) in [5.74, 6) is -0.224. The molecule has 0 bridgehead atoms. The number of allylic oxidation sites excluding steroid dienone is 1. The van der Waals surface area contributed by atoms with Crippen molar-refractivity contribution in [3.05, 3.63) is 40.1 Å². The van der Waals surface area contributed by atoms with Crippen LogP contribution in [0.25, 0.3) is 21.1 Å². The lowest BCUT2D eigenvalue weighted by Gasteiger charge is -2.09. The molecule has 1 N–H and O–H groups in total. The van der Waals surface area contributed by atoms with E-state index in [1.54, 1.807) is 23.6 Å². The van der Waals surface area contributed by atoms with Crippen molar-refractivity contribution in [2.45, 2.75) is 39.9 Å². The van der Waals surface area contributed by atoms with Gasteiger partial charge in [-0.05, 0) is 26.8 Å². The monoisotopic (exact) mass is 344 g/mol. The molecule has 0 aliphatic rings. The molecule has 0 unspecified atom stereocenters. The minimum atomic E-state index is -0.255. The Balaban J connectivity index is 2.17. The predicted octanol–water partition coefficient (Wildman–Crippen LogP) is 2.43. The van der Waals surface area contributed by atoms with E-state index in [4.69, 9.17) is 0 Å². The lowest BCUT2D eigenvalue weighted by Crippen LogP contribution is -2.37. The molecule has 1 amide bonds. The standard InChI is InChI=1S/C17H20N4O2S/c1-5-6-20-13-7-11(4)24-16(13)12-8-18-21(17(23)15(12)20)9-14(22)19-10(2)3/h5,7-8,10H,1,6,9H2,2-4H3,(H,19,22). The number of amides is 1. The number of aromatic nitrogens is 3. The maximum absolute atomic E-state index is 12.9. The van der Waals surface area contributed by atoms with Gasteiger partial charge in [-0.1, -0.05) is 6.08 Å². The van der Waals surface area contributed by atoms with Crippen LogP contribution in [0.2, 0.25) is 0 Å². The SMILES string of the molecule is C=CCn1c2cc(C)sc2c2cnn(CC(=O)NC(C)C)c(=O)c21. The average Bonchev–Trinajstić information content (AvgIpc) is 2.99. The lowest BCUT2D eigenvalue weighted by molar-refractivity contribution is -0.122. The number of fused-ring (bicyclic) bond motifs is 3. The summed E-state index contributed by atoms with van der Waals surface area (Å²) in [5.41, 5.74) is 1.33. The fraction of sp³-hybridized carbons (Fsp3) is 0.353. The number of rotatable bonds is 5. The summed E-state index contributed by atoms with van der Waals surface area (Å²) in [6, 6.07) is 2.09. The number of nitrogens with zero attached hydrogens (tertiary/aromatic N) is 3. The Morgan fingerprint density at radius 2 is 2.25 bits per heavy atom. The van der Waals surface area contributed by atoms with Gasteiger partial charge in [0.1, 0.15) is 12.1 Å². The van der Waals surface area contributed by atoms with Crippen molar-refractivity contribution >= 4 is 38.4 Å². The maximum atomic E-state index is 12.9. The summed E-state index contributed by atoms with van der Waals surface area (Å²) in [6.45, 7) is 10.0. The van der Waals surface area contributed by atoms with Gasteiger partial charge in [0.05, 0.1) is 16.4 Å². The Morgan fingerprint density at radius 1 is 1.50 bits per heavy atom. The highest BCUT2D eigenvalue weighted by atomic mass is 32.1. The molecule has 0 aromatic carbocycles. The van der Waals surface area contributed by atoms with Gasteiger partial charge in [-0.25, -0.2) is 4.68 Å². The third kappa shape index (κ3) is 2.75. The van der Waals surface area contributed by atoms with Crippen LogP contribution in [0.3, 0.4) is 0 Å². The molecule has 3 aromatic rings. The molecular weight excluding hydrogens is 324 g/mol. The molecule has 3 rings (SSSR count). The molecule has 24 heavy (non-hydrogen) atoms. The van der Waals surface area contributed by atoms with E-state index in [1.165, 1.54) is 9.56 Å². The van der Waals surface area contributed by atoms with Crippen LogP contribution < -0.4 is 10.9 Å². The van der Waals surface area contributed by atoms with E-state index in [9.17, 15) is 9.59 Å². The highest BCUT2D eigenvalue weighted by Gasteiger charge is 2.18. The molecule has 7 heteroatoms. The van der Waals surface area contributed by atoms with E-state index in [2.05, 4.69) is 23.1 Å². The van der Waals surface area contributed by atoms with Gasteiger partial charge in [-0.15, -0.1) is 17.9 Å². The Bertz CT molecular complexity index is 994. The molecule has 0 aliphatic heterocycles. The van der Waals surface area contributed by atoms with Gasteiger partial charge in [-0.2, -0.15) is 5.10 Å². The van der Waals surface area contributed by atoms with Crippen molar-refractivity contribution in [2.24, 2.45) is 0 Å². The molecule has 3 aromatic heterocycles. The van der Waals surface area contributed by atoms with Crippen LogP contribution in [0, 0.1) is 6.92 Å². The first-order valence-electron chi connectivity index (χ1n) is 7.81. The Labute approximate surface area is 143 Å². The van der Waals surface area contributed by atoms with Gasteiger partial charge in [0.15, 0.2) is 0 Å². The normalized spacial score (nSPS) is 11.5. The van der Waals surface area contributed by atoms with Crippen LogP contribution in [0.4, 0.5) is 0 Å². The van der Waals surface area contributed by atoms with Crippen molar-refractivity contribution in [2.75, 3.05) is 0 Å². The van der Waals surface area contributed by atoms with Crippen molar-refractivity contribution in [1.82, 2.24) is 19.7 Å². The van der Waals surface area contributed by atoms with E-state index >= 15 is 0 Å². The summed E-state index contributed by atoms with van der Waals surface area (Å²) in [7, 11) is 0. The summed E-state index contributed by atoms with van der Waals surface area (Å²) in [6.07, 6.45) is 3.44. The van der Waals surface area contributed by atoms with Crippen LogP contribution in [0.1, 0.15) is 18.7 Å². The number of hydrogen-bond acceptors (Lipinski definition) is 4. The molecule has 0 saturated heterocycles. The second-order valence-corrected chi connectivity index (χ2v) is 7.32. The van der Waals surface area contributed by atoms with Crippen molar-refractivity contribution in [3.63, 3.8) is 0 Å². The van der Waals surface area contributed by atoms with Gasteiger partial charge >= 0.3 is 0 Å². The van der Waals surface area contributed by atoms with Crippen LogP contribution in [-0.4, -0.2) is 26.3 Å². The zero-order chi connectivity index (χ0) is 17.4. The molecule has 0 radical (unpaired) electrons. The molecule has 3 heterocycles. The molecule has 0 atom stereocenters. The van der Waals surface area contributed by atoms with Crippen molar-refractivity contribution in [3.8, 4) is 0 Å². The lowest BCUT2D eigenvalue weighted by atomic mass is 10.3. The predicted molar refractivity (Wildman–Crippen MR) is 97.6 cm³/mol. The highest BCUT2D eigenvalue weighted by Crippen LogP contribution is 2.33. The first-order valence-corrected chi connectivity index (χ1v) is 8.62.